The van der Waals surface area contributed by atoms with Crippen LogP contribution in [0.3, 0.4) is 0 Å². The van der Waals surface area contributed by atoms with Gasteiger partial charge in [0, 0.05) is 31.7 Å². The molecule has 1 unspecified atom stereocenters. The van der Waals surface area contributed by atoms with Crippen molar-refractivity contribution >= 4 is 15.9 Å². The summed E-state index contributed by atoms with van der Waals surface area (Å²) in [5, 5.41) is 2.95. The molecule has 146 valence electrons. The largest absolute Gasteiger partial charge is 0.356 e. The summed E-state index contributed by atoms with van der Waals surface area (Å²) in [6, 6.07) is 9.79. The highest BCUT2D eigenvalue weighted by Gasteiger charge is 2.25. The Kier molecular flexibility index (Phi) is 6.01. The summed E-state index contributed by atoms with van der Waals surface area (Å²) < 4.78 is 26.5. The average Bonchev–Trinajstić information content (AvgIpc) is 3.18. The molecule has 6 nitrogen and oxygen atoms in total. The lowest BCUT2D eigenvalue weighted by Gasteiger charge is -2.25. The molecule has 3 rings (SSSR count). The maximum atomic E-state index is 12.5. The van der Waals surface area contributed by atoms with E-state index in [-0.39, 0.29) is 16.5 Å². The number of hydrogen-bond donors (Lipinski definition) is 2. The number of amides is 1. The molecule has 0 aliphatic heterocycles. The van der Waals surface area contributed by atoms with E-state index >= 15 is 0 Å². The van der Waals surface area contributed by atoms with Crippen LogP contribution in [0.2, 0.25) is 0 Å². The Morgan fingerprint density at radius 3 is 2.74 bits per heavy atom. The summed E-state index contributed by atoms with van der Waals surface area (Å²) >= 11 is 0. The van der Waals surface area contributed by atoms with Crippen molar-refractivity contribution in [1.29, 1.82) is 0 Å². The van der Waals surface area contributed by atoms with E-state index in [1.807, 2.05) is 6.07 Å². The van der Waals surface area contributed by atoms with Crippen molar-refractivity contribution in [3.8, 4) is 0 Å². The predicted octanol–water partition coefficient (Wildman–Crippen LogP) is 2.90. The first-order chi connectivity index (χ1) is 13.0. The predicted molar refractivity (Wildman–Crippen MR) is 105 cm³/mol. The molecule has 0 radical (unpaired) electrons. The molecule has 0 spiro atoms. The lowest BCUT2D eigenvalue weighted by atomic mass is 9.83. The van der Waals surface area contributed by atoms with Gasteiger partial charge in [0.25, 0.3) is 5.91 Å². The monoisotopic (exact) mass is 389 g/mol. The highest BCUT2D eigenvalue weighted by Crippen LogP contribution is 2.30. The molecular formula is C20H27N3O3S. The van der Waals surface area contributed by atoms with Crippen molar-refractivity contribution < 1.29 is 13.2 Å². The Labute approximate surface area is 161 Å². The Morgan fingerprint density at radius 1 is 1.26 bits per heavy atom. The van der Waals surface area contributed by atoms with E-state index < -0.39 is 10.0 Å². The smallest absolute Gasteiger partial charge is 0.267 e. The molecule has 27 heavy (non-hydrogen) atoms. The van der Waals surface area contributed by atoms with Crippen LogP contribution in [0.5, 0.6) is 0 Å². The van der Waals surface area contributed by atoms with E-state index in [1.54, 1.807) is 13.8 Å². The zero-order valence-corrected chi connectivity index (χ0v) is 16.7. The summed E-state index contributed by atoms with van der Waals surface area (Å²) in [7, 11) is -3.57. The molecule has 0 fully saturated rings. The van der Waals surface area contributed by atoms with Gasteiger partial charge in [0.05, 0.1) is 0 Å². The minimum atomic E-state index is -3.57. The van der Waals surface area contributed by atoms with Gasteiger partial charge in [0.15, 0.2) is 0 Å². The SMILES string of the molecule is CCN(CC)S(=O)(=O)c1c[nH]c(C(=O)NCC2CCCc3ccccc32)c1. The molecule has 1 amide bonds. The summed E-state index contributed by atoms with van der Waals surface area (Å²) in [5.41, 5.74) is 2.93. The number of carbonyl (C=O) groups is 1. The first-order valence-electron chi connectivity index (χ1n) is 9.52. The van der Waals surface area contributed by atoms with Crippen LogP contribution in [0, 0.1) is 0 Å². The molecular weight excluding hydrogens is 362 g/mol. The van der Waals surface area contributed by atoms with Crippen LogP contribution in [0.25, 0.3) is 0 Å². The lowest BCUT2D eigenvalue weighted by Crippen LogP contribution is -2.31. The highest BCUT2D eigenvalue weighted by atomic mass is 32.2. The van der Waals surface area contributed by atoms with Gasteiger partial charge in [0.2, 0.25) is 10.0 Å². The van der Waals surface area contributed by atoms with Crippen LogP contribution in [0.1, 0.15) is 54.2 Å². The van der Waals surface area contributed by atoms with E-state index in [2.05, 4.69) is 28.5 Å². The van der Waals surface area contributed by atoms with Gasteiger partial charge >= 0.3 is 0 Å². The number of aryl methyl sites for hydroxylation is 1. The second-order valence-corrected chi connectivity index (χ2v) is 8.77. The lowest BCUT2D eigenvalue weighted by molar-refractivity contribution is 0.0946. The molecule has 2 N–H and O–H groups in total. The maximum absolute atomic E-state index is 12.5. The average molecular weight is 390 g/mol. The standard InChI is InChI=1S/C20H27N3O3S/c1-3-23(4-2)27(25,26)17-12-19(21-14-17)20(24)22-13-16-10-7-9-15-8-5-6-11-18(15)16/h5-6,8,11-12,14,16,21H,3-4,7,9-10,13H2,1-2H3,(H,22,24). The number of carbonyl (C=O) groups excluding carboxylic acids is 1. The third kappa shape index (κ3) is 4.09. The fraction of sp³-hybridized carbons (Fsp3) is 0.450. The van der Waals surface area contributed by atoms with Crippen molar-refractivity contribution in [2.75, 3.05) is 19.6 Å². The first kappa shape index (κ1) is 19.6. The maximum Gasteiger partial charge on any atom is 0.267 e. The summed E-state index contributed by atoms with van der Waals surface area (Å²) in [5.74, 6) is 0.0202. The number of rotatable bonds is 7. The fourth-order valence-corrected chi connectivity index (χ4v) is 5.20. The number of aromatic amines is 1. The Balaban J connectivity index is 1.67. The molecule has 1 aliphatic rings. The van der Waals surface area contributed by atoms with E-state index in [1.165, 1.54) is 27.7 Å². The van der Waals surface area contributed by atoms with Gasteiger partial charge in [-0.3, -0.25) is 4.79 Å². The number of H-pyrrole nitrogens is 1. The van der Waals surface area contributed by atoms with Gasteiger partial charge in [-0.15, -0.1) is 0 Å². The molecule has 1 aromatic heterocycles. The number of fused-ring (bicyclic) bond motifs is 1. The van der Waals surface area contributed by atoms with E-state index in [0.29, 0.717) is 25.6 Å². The van der Waals surface area contributed by atoms with Crippen molar-refractivity contribution in [3.05, 3.63) is 53.3 Å². The second kappa shape index (κ2) is 8.27. The van der Waals surface area contributed by atoms with Gasteiger partial charge in [-0.2, -0.15) is 4.31 Å². The van der Waals surface area contributed by atoms with E-state index in [9.17, 15) is 13.2 Å². The molecule has 1 heterocycles. The molecule has 0 saturated carbocycles. The van der Waals surface area contributed by atoms with Gasteiger partial charge < -0.3 is 10.3 Å². The van der Waals surface area contributed by atoms with E-state index in [4.69, 9.17) is 0 Å². The quantitative estimate of drug-likeness (QED) is 0.764. The summed E-state index contributed by atoms with van der Waals surface area (Å²) in [4.78, 5) is 15.4. The van der Waals surface area contributed by atoms with E-state index in [0.717, 1.165) is 19.3 Å². The third-order valence-electron chi connectivity index (χ3n) is 5.25. The number of sulfonamides is 1. The number of aromatic nitrogens is 1. The Bertz CT molecular complexity index is 901. The van der Waals surface area contributed by atoms with Crippen LogP contribution in [0.4, 0.5) is 0 Å². The topological polar surface area (TPSA) is 82.3 Å². The zero-order chi connectivity index (χ0) is 19.4. The fourth-order valence-electron chi connectivity index (χ4n) is 3.74. The normalized spacial score (nSPS) is 16.9. The molecule has 1 aliphatic carbocycles. The second-order valence-electron chi connectivity index (χ2n) is 6.84. The highest BCUT2D eigenvalue weighted by molar-refractivity contribution is 7.89. The third-order valence-corrected chi connectivity index (χ3v) is 7.27. The van der Waals surface area contributed by atoms with Crippen molar-refractivity contribution in [2.45, 2.75) is 43.9 Å². The van der Waals surface area contributed by atoms with Gasteiger partial charge in [0.1, 0.15) is 10.6 Å². The Hall–Kier alpha value is -2.12. The van der Waals surface area contributed by atoms with Crippen LogP contribution in [-0.2, 0) is 16.4 Å². The number of benzene rings is 1. The molecule has 2 aromatic rings. The number of hydrogen-bond acceptors (Lipinski definition) is 3. The summed E-state index contributed by atoms with van der Waals surface area (Å²) in [6.45, 7) is 4.93. The Morgan fingerprint density at radius 2 is 2.00 bits per heavy atom. The van der Waals surface area contributed by atoms with Gasteiger partial charge in [-0.05, 0) is 36.5 Å². The van der Waals surface area contributed by atoms with Crippen LogP contribution < -0.4 is 5.32 Å². The van der Waals surface area contributed by atoms with Gasteiger partial charge in [-0.1, -0.05) is 38.1 Å². The molecule has 0 saturated heterocycles. The minimum absolute atomic E-state index is 0.124. The molecule has 7 heteroatoms. The van der Waals surface area contributed by atoms with Crippen LogP contribution >= 0.6 is 0 Å². The first-order valence-corrected chi connectivity index (χ1v) is 11.0. The van der Waals surface area contributed by atoms with Crippen molar-refractivity contribution in [1.82, 2.24) is 14.6 Å². The molecule has 1 aromatic carbocycles. The summed E-state index contributed by atoms with van der Waals surface area (Å²) in [6.07, 6.45) is 4.64. The van der Waals surface area contributed by atoms with Crippen LogP contribution in [0.15, 0.2) is 41.4 Å². The molecule has 0 bridgehead atoms. The van der Waals surface area contributed by atoms with Crippen LogP contribution in [-0.4, -0.2) is 43.2 Å². The minimum Gasteiger partial charge on any atom is -0.356 e. The van der Waals surface area contributed by atoms with Crippen molar-refractivity contribution in [3.63, 3.8) is 0 Å². The molecule has 1 atom stereocenters. The number of nitrogens with zero attached hydrogens (tertiary/aromatic N) is 1. The zero-order valence-electron chi connectivity index (χ0n) is 15.9. The number of nitrogens with one attached hydrogen (secondary N) is 2. The van der Waals surface area contributed by atoms with Crippen molar-refractivity contribution in [2.24, 2.45) is 0 Å². The van der Waals surface area contributed by atoms with Gasteiger partial charge in [-0.25, -0.2) is 8.42 Å².